The van der Waals surface area contributed by atoms with Gasteiger partial charge in [0.1, 0.15) is 6.17 Å². The quantitative estimate of drug-likeness (QED) is 0.333. The molecule has 158 valence electrons. The highest BCUT2D eigenvalue weighted by Gasteiger charge is 2.34. The number of carbonyl (C=O) groups excluding carboxylic acids is 1. The van der Waals surface area contributed by atoms with E-state index in [0.29, 0.717) is 30.8 Å². The van der Waals surface area contributed by atoms with Gasteiger partial charge in [-0.15, -0.1) is 0 Å². The summed E-state index contributed by atoms with van der Waals surface area (Å²) < 4.78 is 54.7. The Bertz CT molecular complexity index is 954. The zero-order valence-corrected chi connectivity index (χ0v) is 16.3. The number of hydrogen-bond acceptors (Lipinski definition) is 3. The van der Waals surface area contributed by atoms with E-state index in [0.717, 1.165) is 17.7 Å². The first-order valence-corrected chi connectivity index (χ1v) is 9.40. The second-order valence-electron chi connectivity index (χ2n) is 7.20. The van der Waals surface area contributed by atoms with Crippen LogP contribution in [0.3, 0.4) is 0 Å². The summed E-state index contributed by atoms with van der Waals surface area (Å²) in [5.41, 5.74) is 1.96. The van der Waals surface area contributed by atoms with E-state index in [-0.39, 0.29) is 12.1 Å². The van der Waals surface area contributed by atoms with E-state index >= 15 is 0 Å². The molecular formula is C22H21F4N3O. The van der Waals surface area contributed by atoms with Crippen molar-refractivity contribution in [2.75, 3.05) is 13.1 Å². The van der Waals surface area contributed by atoms with Crippen LogP contribution in [-0.4, -0.2) is 30.1 Å². The molecule has 0 radical (unpaired) electrons. The third kappa shape index (κ3) is 4.74. The Balaban J connectivity index is 1.66. The number of benzene rings is 1. The van der Waals surface area contributed by atoms with E-state index < -0.39 is 35.4 Å². The monoisotopic (exact) mass is 419 g/mol. The molecule has 2 N–H and O–H groups in total. The molecule has 1 aliphatic carbocycles. The fraction of sp³-hybridized carbons (Fsp3) is 0.318. The minimum atomic E-state index is -1.56. The molecule has 0 fully saturated rings. The van der Waals surface area contributed by atoms with Crippen molar-refractivity contribution in [3.8, 4) is 12.5 Å². The zero-order chi connectivity index (χ0) is 21.8. The predicted molar refractivity (Wildman–Crippen MR) is 105 cm³/mol. The van der Waals surface area contributed by atoms with Gasteiger partial charge in [0.2, 0.25) is 5.91 Å². The van der Waals surface area contributed by atoms with Crippen LogP contribution in [0.4, 0.5) is 17.6 Å². The zero-order valence-electron chi connectivity index (χ0n) is 16.3. The van der Waals surface area contributed by atoms with Gasteiger partial charge in [0.25, 0.3) is 0 Å². The van der Waals surface area contributed by atoms with Gasteiger partial charge in [-0.1, -0.05) is 18.6 Å². The number of hydrogen-bond donors (Lipinski definition) is 2. The average Bonchev–Trinajstić information content (AvgIpc) is 2.71. The number of alkyl halides is 1. The fourth-order valence-corrected chi connectivity index (χ4v) is 3.52. The molecule has 0 saturated carbocycles. The van der Waals surface area contributed by atoms with Crippen LogP contribution in [0.5, 0.6) is 0 Å². The number of nitrogens with zero attached hydrogens (tertiary/aromatic N) is 1. The second-order valence-corrected chi connectivity index (χ2v) is 7.20. The number of carbonyl (C=O) groups is 1. The summed E-state index contributed by atoms with van der Waals surface area (Å²) in [5.74, 6) is -5.67. The Morgan fingerprint density at radius 3 is 2.73 bits per heavy atom. The Kier molecular flexibility index (Phi) is 6.63. The molecule has 1 aromatic carbocycles. The van der Waals surface area contributed by atoms with Crippen LogP contribution in [0.15, 0.2) is 47.3 Å². The molecule has 1 aliphatic heterocycles. The van der Waals surface area contributed by atoms with Crippen molar-refractivity contribution in [1.29, 1.82) is 0 Å². The van der Waals surface area contributed by atoms with Gasteiger partial charge in [-0.05, 0) is 48.7 Å². The lowest BCUT2D eigenvalue weighted by atomic mass is 9.84. The molecule has 1 aromatic rings. The number of amides is 1. The van der Waals surface area contributed by atoms with Crippen molar-refractivity contribution in [3.05, 3.63) is 70.3 Å². The molecule has 2 atom stereocenters. The molecule has 0 spiro atoms. The molecule has 4 nitrogen and oxygen atoms in total. The van der Waals surface area contributed by atoms with Gasteiger partial charge in [0, 0.05) is 24.5 Å². The number of nitrogens with one attached hydrogen (secondary N) is 2. The molecule has 0 bridgehead atoms. The van der Waals surface area contributed by atoms with Crippen LogP contribution in [0.25, 0.3) is 0 Å². The second kappa shape index (κ2) is 9.18. The normalized spacial score (nSPS) is 21.1. The van der Waals surface area contributed by atoms with Crippen LogP contribution in [0.2, 0.25) is 0 Å². The summed E-state index contributed by atoms with van der Waals surface area (Å²) in [6, 6.07) is 3.98. The summed E-state index contributed by atoms with van der Waals surface area (Å²) in [5, 5.41) is 5.77. The fourth-order valence-electron chi connectivity index (χ4n) is 3.52. The molecule has 8 heteroatoms. The average molecular weight is 419 g/mol. The van der Waals surface area contributed by atoms with Gasteiger partial charge in [-0.25, -0.2) is 17.6 Å². The van der Waals surface area contributed by atoms with Crippen molar-refractivity contribution >= 4 is 5.91 Å². The Labute approximate surface area is 172 Å². The third-order valence-electron chi connectivity index (χ3n) is 4.99. The number of allylic oxidation sites excluding steroid dienone is 1. The van der Waals surface area contributed by atoms with E-state index in [1.807, 2.05) is 0 Å². The third-order valence-corrected chi connectivity index (χ3v) is 4.99. The topological polar surface area (TPSA) is 44.4 Å². The molecule has 2 unspecified atom stereocenters. The molecule has 2 aliphatic rings. The van der Waals surface area contributed by atoms with Crippen molar-refractivity contribution < 1.29 is 22.4 Å². The lowest BCUT2D eigenvalue weighted by Crippen LogP contribution is -2.39. The number of rotatable bonds is 5. The lowest BCUT2D eigenvalue weighted by Gasteiger charge is -2.29. The SMILES string of the molecule is C#CN(/C=C(\C)NC(=O)C1C=CC2=C(CCNC2)C1F)Cc1cc(F)c(F)c(F)c1. The van der Waals surface area contributed by atoms with Gasteiger partial charge >= 0.3 is 0 Å². The minimum absolute atomic E-state index is 0.115. The number of halogens is 4. The summed E-state index contributed by atoms with van der Waals surface area (Å²) in [6.07, 6.45) is 9.27. The van der Waals surface area contributed by atoms with E-state index in [1.54, 1.807) is 19.1 Å². The van der Waals surface area contributed by atoms with Gasteiger partial charge in [0.05, 0.1) is 12.5 Å². The smallest absolute Gasteiger partial charge is 0.234 e. The van der Waals surface area contributed by atoms with Crippen LogP contribution in [-0.2, 0) is 11.3 Å². The molecule has 1 heterocycles. The van der Waals surface area contributed by atoms with E-state index in [1.165, 1.54) is 11.1 Å². The summed E-state index contributed by atoms with van der Waals surface area (Å²) >= 11 is 0. The van der Waals surface area contributed by atoms with Gasteiger partial charge in [-0.3, -0.25) is 4.79 Å². The lowest BCUT2D eigenvalue weighted by molar-refractivity contribution is -0.124. The van der Waals surface area contributed by atoms with Crippen LogP contribution in [0, 0.1) is 35.8 Å². The van der Waals surface area contributed by atoms with Crippen molar-refractivity contribution in [2.45, 2.75) is 26.1 Å². The molecule has 1 amide bonds. The van der Waals surface area contributed by atoms with Crippen LogP contribution in [0.1, 0.15) is 18.9 Å². The largest absolute Gasteiger partial charge is 0.328 e. The maximum atomic E-state index is 14.8. The Hall–Kier alpha value is -3.05. The minimum Gasteiger partial charge on any atom is -0.328 e. The number of terminal acetylenes is 1. The van der Waals surface area contributed by atoms with Gasteiger partial charge in [-0.2, -0.15) is 0 Å². The maximum Gasteiger partial charge on any atom is 0.234 e. The Morgan fingerprint density at radius 1 is 1.37 bits per heavy atom. The highest BCUT2D eigenvalue weighted by Crippen LogP contribution is 2.31. The molecule has 3 rings (SSSR count). The van der Waals surface area contributed by atoms with Crippen LogP contribution < -0.4 is 10.6 Å². The first-order valence-electron chi connectivity index (χ1n) is 9.40. The molecule has 0 aromatic heterocycles. The molecule has 30 heavy (non-hydrogen) atoms. The first-order chi connectivity index (χ1) is 14.3. The van der Waals surface area contributed by atoms with E-state index in [9.17, 15) is 22.4 Å². The highest BCUT2D eigenvalue weighted by atomic mass is 19.2. The Morgan fingerprint density at radius 2 is 2.07 bits per heavy atom. The van der Waals surface area contributed by atoms with Crippen molar-refractivity contribution in [2.24, 2.45) is 5.92 Å². The summed E-state index contributed by atoms with van der Waals surface area (Å²) in [4.78, 5) is 13.8. The standard InChI is InChI=1S/C22H21F4N3O/c1-3-29(12-14-8-18(23)21(26)19(24)9-14)11-13(2)28-22(30)17-5-4-15-10-27-7-6-16(15)20(17)25/h1,4-5,8-9,11,17,20,27H,6-7,10,12H2,2H3,(H,28,30)/b13-11+. The van der Waals surface area contributed by atoms with Gasteiger partial charge in [0.15, 0.2) is 17.5 Å². The van der Waals surface area contributed by atoms with Crippen molar-refractivity contribution in [3.63, 3.8) is 0 Å². The first kappa shape index (κ1) is 21.7. The van der Waals surface area contributed by atoms with Crippen molar-refractivity contribution in [1.82, 2.24) is 15.5 Å². The van der Waals surface area contributed by atoms with Gasteiger partial charge < -0.3 is 15.5 Å². The predicted octanol–water partition coefficient (Wildman–Crippen LogP) is 3.29. The summed E-state index contributed by atoms with van der Waals surface area (Å²) in [7, 11) is 0. The maximum absolute atomic E-state index is 14.8. The molecule has 0 saturated heterocycles. The van der Waals surface area contributed by atoms with E-state index in [4.69, 9.17) is 6.42 Å². The highest BCUT2D eigenvalue weighted by molar-refractivity contribution is 5.83. The van der Waals surface area contributed by atoms with E-state index in [2.05, 4.69) is 16.7 Å². The summed E-state index contributed by atoms with van der Waals surface area (Å²) in [6.45, 7) is 2.70. The molecular weight excluding hydrogens is 398 g/mol. The van der Waals surface area contributed by atoms with Crippen LogP contribution >= 0.6 is 0 Å².